The number of likely N-dealkylation sites (tertiary alicyclic amines) is 1. The van der Waals surface area contributed by atoms with Gasteiger partial charge in [0.2, 0.25) is 5.91 Å². The van der Waals surface area contributed by atoms with E-state index in [2.05, 4.69) is 40.5 Å². The van der Waals surface area contributed by atoms with Crippen molar-refractivity contribution >= 4 is 17.7 Å². The molecule has 1 fully saturated rings. The average Bonchev–Trinajstić information content (AvgIpc) is 3.33. The molecule has 0 saturated carbocycles. The van der Waals surface area contributed by atoms with Crippen LogP contribution in [-0.4, -0.2) is 44.4 Å². The zero-order valence-electron chi connectivity index (χ0n) is 19.1. The monoisotopic (exact) mass is 468 g/mol. The van der Waals surface area contributed by atoms with Gasteiger partial charge in [-0.1, -0.05) is 90.6 Å². The molecule has 1 amide bonds. The Bertz CT molecular complexity index is 1200. The van der Waals surface area contributed by atoms with Crippen molar-refractivity contribution in [3.63, 3.8) is 0 Å². The van der Waals surface area contributed by atoms with Gasteiger partial charge in [-0.05, 0) is 42.9 Å². The summed E-state index contributed by atoms with van der Waals surface area (Å²) in [5, 5.41) is 9.65. The van der Waals surface area contributed by atoms with Crippen molar-refractivity contribution < 1.29 is 4.79 Å². The Balaban J connectivity index is 1.24. The summed E-state index contributed by atoms with van der Waals surface area (Å²) < 4.78 is 2.04. The van der Waals surface area contributed by atoms with Crippen LogP contribution in [-0.2, 0) is 11.2 Å². The van der Waals surface area contributed by atoms with E-state index in [-0.39, 0.29) is 5.91 Å². The van der Waals surface area contributed by atoms with E-state index in [0.29, 0.717) is 11.7 Å². The Morgan fingerprint density at radius 2 is 1.44 bits per heavy atom. The van der Waals surface area contributed by atoms with Crippen molar-refractivity contribution in [2.24, 2.45) is 5.92 Å². The van der Waals surface area contributed by atoms with Crippen LogP contribution in [0.25, 0.3) is 17.1 Å². The maximum absolute atomic E-state index is 13.0. The van der Waals surface area contributed by atoms with E-state index in [1.807, 2.05) is 70.1 Å². The number of nitrogens with zero attached hydrogens (tertiary/aromatic N) is 4. The lowest BCUT2D eigenvalue weighted by Crippen LogP contribution is -2.39. The van der Waals surface area contributed by atoms with Gasteiger partial charge in [0.25, 0.3) is 0 Å². The second kappa shape index (κ2) is 10.7. The molecule has 5 nitrogen and oxygen atoms in total. The van der Waals surface area contributed by atoms with Crippen LogP contribution in [0.4, 0.5) is 0 Å². The molecule has 1 aliphatic heterocycles. The van der Waals surface area contributed by atoms with Gasteiger partial charge in [0.15, 0.2) is 11.0 Å². The highest BCUT2D eigenvalue weighted by molar-refractivity contribution is 7.99. The van der Waals surface area contributed by atoms with Crippen LogP contribution in [0, 0.1) is 5.92 Å². The maximum Gasteiger partial charge on any atom is 0.233 e. The number of hydrogen-bond acceptors (Lipinski definition) is 4. The smallest absolute Gasteiger partial charge is 0.233 e. The lowest BCUT2D eigenvalue weighted by atomic mass is 9.90. The van der Waals surface area contributed by atoms with E-state index in [1.54, 1.807) is 0 Å². The molecule has 0 aliphatic carbocycles. The molecule has 0 radical (unpaired) electrons. The Morgan fingerprint density at radius 3 is 2.12 bits per heavy atom. The molecule has 1 saturated heterocycles. The van der Waals surface area contributed by atoms with Gasteiger partial charge in [-0.2, -0.15) is 0 Å². The largest absolute Gasteiger partial charge is 0.342 e. The second-order valence-corrected chi connectivity index (χ2v) is 9.59. The first kappa shape index (κ1) is 22.4. The molecule has 3 aromatic carbocycles. The first-order valence-corrected chi connectivity index (χ1v) is 12.8. The third-order valence-corrected chi connectivity index (χ3v) is 7.25. The molecule has 34 heavy (non-hydrogen) atoms. The van der Waals surface area contributed by atoms with Gasteiger partial charge >= 0.3 is 0 Å². The van der Waals surface area contributed by atoms with Crippen molar-refractivity contribution in [3.8, 4) is 17.1 Å². The first-order chi connectivity index (χ1) is 16.8. The molecule has 0 N–H and O–H groups in total. The molecule has 4 aromatic rings. The number of carbonyl (C=O) groups excluding carboxylic acids is 1. The van der Waals surface area contributed by atoms with Gasteiger partial charge in [0.1, 0.15) is 0 Å². The highest BCUT2D eigenvalue weighted by atomic mass is 32.2. The van der Waals surface area contributed by atoms with Crippen LogP contribution in [0.15, 0.2) is 96.2 Å². The molecule has 6 heteroatoms. The maximum atomic E-state index is 13.0. The summed E-state index contributed by atoms with van der Waals surface area (Å²) in [5.74, 6) is 1.97. The van der Waals surface area contributed by atoms with E-state index >= 15 is 0 Å². The van der Waals surface area contributed by atoms with Gasteiger partial charge in [-0.25, -0.2) is 0 Å². The van der Waals surface area contributed by atoms with E-state index in [0.717, 1.165) is 54.6 Å². The molecule has 0 atom stereocenters. The van der Waals surface area contributed by atoms with Crippen LogP contribution in [0.5, 0.6) is 0 Å². The van der Waals surface area contributed by atoms with Gasteiger partial charge in [0.05, 0.1) is 5.75 Å². The summed E-state index contributed by atoms with van der Waals surface area (Å²) >= 11 is 1.46. The number of amides is 1. The number of hydrogen-bond donors (Lipinski definition) is 0. The topological polar surface area (TPSA) is 51.0 Å². The second-order valence-electron chi connectivity index (χ2n) is 8.65. The summed E-state index contributed by atoms with van der Waals surface area (Å²) in [7, 11) is 0. The molecular formula is C28H28N4OS. The third-order valence-electron chi connectivity index (χ3n) is 6.34. The predicted octanol–water partition coefficient (Wildman–Crippen LogP) is 5.51. The molecule has 0 spiro atoms. The molecule has 5 rings (SSSR count). The Kier molecular flexibility index (Phi) is 7.05. The first-order valence-electron chi connectivity index (χ1n) is 11.8. The number of piperidine rings is 1. The van der Waals surface area contributed by atoms with Gasteiger partial charge in [0, 0.05) is 24.3 Å². The van der Waals surface area contributed by atoms with E-state index in [1.165, 1.54) is 17.3 Å². The number of rotatable bonds is 7. The van der Waals surface area contributed by atoms with E-state index in [9.17, 15) is 4.79 Å². The molecule has 1 aromatic heterocycles. The number of carbonyl (C=O) groups is 1. The minimum Gasteiger partial charge on any atom is -0.342 e. The molecule has 0 bridgehead atoms. The Morgan fingerprint density at radius 1 is 0.824 bits per heavy atom. The van der Waals surface area contributed by atoms with Gasteiger partial charge in [-0.3, -0.25) is 9.36 Å². The molecule has 2 heterocycles. The van der Waals surface area contributed by atoms with Crippen LogP contribution >= 0.6 is 11.8 Å². The van der Waals surface area contributed by atoms with E-state index in [4.69, 9.17) is 0 Å². The summed E-state index contributed by atoms with van der Waals surface area (Å²) in [5.41, 5.74) is 3.37. The number of para-hydroxylation sites is 1. The average molecular weight is 469 g/mol. The van der Waals surface area contributed by atoms with Crippen molar-refractivity contribution in [1.82, 2.24) is 19.7 Å². The Hall–Kier alpha value is -3.38. The SMILES string of the molecule is O=C(CSc1nnc(-c2ccccc2)n1-c1ccccc1)N1CCC(Cc2ccccc2)CC1. The quantitative estimate of drug-likeness (QED) is 0.336. The fourth-order valence-corrected chi connectivity index (χ4v) is 5.35. The normalized spacial score (nSPS) is 14.3. The molecule has 0 unspecified atom stereocenters. The fraction of sp³-hybridized carbons (Fsp3) is 0.250. The highest BCUT2D eigenvalue weighted by Gasteiger charge is 2.24. The summed E-state index contributed by atoms with van der Waals surface area (Å²) in [4.78, 5) is 15.0. The fourth-order valence-electron chi connectivity index (χ4n) is 4.50. The molecule has 1 aliphatic rings. The van der Waals surface area contributed by atoms with Gasteiger partial charge in [-0.15, -0.1) is 10.2 Å². The Labute approximate surface area is 204 Å². The molecule has 172 valence electrons. The number of benzene rings is 3. The van der Waals surface area contributed by atoms with E-state index < -0.39 is 0 Å². The minimum atomic E-state index is 0.173. The highest BCUT2D eigenvalue weighted by Crippen LogP contribution is 2.29. The van der Waals surface area contributed by atoms with Crippen LogP contribution in [0.1, 0.15) is 18.4 Å². The standard InChI is InChI=1S/C28H28N4OS/c33-26(31-18-16-23(17-19-31)20-22-10-4-1-5-11-22)21-34-28-30-29-27(24-12-6-2-7-13-24)32(28)25-14-8-3-9-15-25/h1-15,23H,16-21H2. The summed E-state index contributed by atoms with van der Waals surface area (Å²) in [6, 6.07) is 30.8. The van der Waals surface area contributed by atoms with Crippen LogP contribution in [0.2, 0.25) is 0 Å². The number of aromatic nitrogens is 3. The van der Waals surface area contributed by atoms with Crippen LogP contribution < -0.4 is 0 Å². The number of thioether (sulfide) groups is 1. The predicted molar refractivity (Wildman–Crippen MR) is 137 cm³/mol. The van der Waals surface area contributed by atoms with Crippen molar-refractivity contribution in [1.29, 1.82) is 0 Å². The minimum absolute atomic E-state index is 0.173. The zero-order valence-corrected chi connectivity index (χ0v) is 19.9. The van der Waals surface area contributed by atoms with Crippen LogP contribution in [0.3, 0.4) is 0 Å². The summed E-state index contributed by atoms with van der Waals surface area (Å²) in [6.45, 7) is 1.66. The lowest BCUT2D eigenvalue weighted by molar-refractivity contribution is -0.129. The van der Waals surface area contributed by atoms with Crippen molar-refractivity contribution in [3.05, 3.63) is 96.6 Å². The summed E-state index contributed by atoms with van der Waals surface area (Å²) in [6.07, 6.45) is 3.22. The van der Waals surface area contributed by atoms with Crippen molar-refractivity contribution in [2.75, 3.05) is 18.8 Å². The lowest BCUT2D eigenvalue weighted by Gasteiger charge is -2.32. The molecular weight excluding hydrogens is 440 g/mol. The van der Waals surface area contributed by atoms with Crippen molar-refractivity contribution in [2.45, 2.75) is 24.4 Å². The van der Waals surface area contributed by atoms with Gasteiger partial charge < -0.3 is 4.90 Å². The zero-order chi connectivity index (χ0) is 23.2. The third kappa shape index (κ3) is 5.23.